The molecule has 0 saturated heterocycles. The summed E-state index contributed by atoms with van der Waals surface area (Å²) in [6, 6.07) is 2.09. The molecule has 6 nitrogen and oxygen atoms in total. The fraction of sp³-hybridized carbons (Fsp3) is 0.636. The molecule has 6 heteroatoms. The second-order valence-electron chi connectivity index (χ2n) is 3.74. The molecule has 92 valence electrons. The molecule has 1 N–H and O–H groups in total. The summed E-state index contributed by atoms with van der Waals surface area (Å²) in [5.41, 5.74) is -0.922. The molecule has 0 fully saturated rings. The summed E-state index contributed by atoms with van der Waals surface area (Å²) in [7, 11) is 0. The molecule has 0 saturated carbocycles. The molecule has 0 aliphatic rings. The van der Waals surface area contributed by atoms with Gasteiger partial charge in [0.1, 0.15) is 5.41 Å². The van der Waals surface area contributed by atoms with E-state index in [1.807, 2.05) is 13.8 Å². The predicted molar refractivity (Wildman–Crippen MR) is 59.6 cm³/mol. The molecule has 0 atom stereocenters. The smallest absolute Gasteiger partial charge is 0.240 e. The van der Waals surface area contributed by atoms with Gasteiger partial charge < -0.3 is 9.84 Å². The number of aromatic nitrogens is 2. The molecule has 1 rings (SSSR count). The van der Waals surface area contributed by atoms with Gasteiger partial charge in [0.15, 0.2) is 6.33 Å². The third-order valence-corrected chi connectivity index (χ3v) is 2.89. The maximum Gasteiger partial charge on any atom is 0.240 e. The summed E-state index contributed by atoms with van der Waals surface area (Å²) in [6.07, 6.45) is 2.80. The zero-order valence-electron chi connectivity index (χ0n) is 10.1. The number of amides is 1. The van der Waals surface area contributed by atoms with E-state index < -0.39 is 5.41 Å². The Morgan fingerprint density at radius 1 is 1.59 bits per heavy atom. The van der Waals surface area contributed by atoms with Gasteiger partial charge in [-0.1, -0.05) is 19.0 Å². The number of carbonyl (C=O) groups is 1. The van der Waals surface area contributed by atoms with Crippen LogP contribution in [0.2, 0.25) is 0 Å². The van der Waals surface area contributed by atoms with Gasteiger partial charge in [0.05, 0.1) is 6.07 Å². The van der Waals surface area contributed by atoms with Gasteiger partial charge in [-0.05, 0) is 12.8 Å². The molecular formula is C11H16N4O2. The SMILES string of the molecule is CCC(C#N)(CC)C(=O)NCCc1ncno1. The molecule has 1 heterocycles. The van der Waals surface area contributed by atoms with Gasteiger partial charge in [0.2, 0.25) is 11.8 Å². The van der Waals surface area contributed by atoms with Crippen molar-refractivity contribution in [1.82, 2.24) is 15.5 Å². The van der Waals surface area contributed by atoms with Crippen molar-refractivity contribution in [2.45, 2.75) is 33.1 Å². The zero-order valence-corrected chi connectivity index (χ0v) is 10.1. The van der Waals surface area contributed by atoms with Gasteiger partial charge in [-0.3, -0.25) is 4.79 Å². The Labute approximate surface area is 100 Å². The molecule has 0 unspecified atom stereocenters. The molecule has 1 aromatic rings. The number of nitriles is 1. The monoisotopic (exact) mass is 236 g/mol. The van der Waals surface area contributed by atoms with Gasteiger partial charge in [0.25, 0.3) is 0 Å². The van der Waals surface area contributed by atoms with E-state index in [4.69, 9.17) is 9.78 Å². The number of carbonyl (C=O) groups excluding carboxylic acids is 1. The summed E-state index contributed by atoms with van der Waals surface area (Å²) >= 11 is 0. The van der Waals surface area contributed by atoms with E-state index in [1.165, 1.54) is 6.33 Å². The first-order valence-corrected chi connectivity index (χ1v) is 5.63. The molecule has 1 aromatic heterocycles. The van der Waals surface area contributed by atoms with E-state index in [2.05, 4.69) is 21.5 Å². The summed E-state index contributed by atoms with van der Waals surface area (Å²) in [5.74, 6) is 0.241. The van der Waals surface area contributed by atoms with Crippen LogP contribution < -0.4 is 5.32 Å². The first-order valence-electron chi connectivity index (χ1n) is 5.63. The number of nitrogens with one attached hydrogen (secondary N) is 1. The van der Waals surface area contributed by atoms with Crippen LogP contribution in [0.5, 0.6) is 0 Å². The van der Waals surface area contributed by atoms with Crippen molar-refractivity contribution in [1.29, 1.82) is 5.26 Å². The maximum atomic E-state index is 11.9. The zero-order chi connectivity index (χ0) is 12.7. The van der Waals surface area contributed by atoms with Crippen LogP contribution in [0.3, 0.4) is 0 Å². The first-order chi connectivity index (χ1) is 8.18. The van der Waals surface area contributed by atoms with Crippen molar-refractivity contribution in [3.63, 3.8) is 0 Å². The molecular weight excluding hydrogens is 220 g/mol. The number of hydrogen-bond donors (Lipinski definition) is 1. The van der Waals surface area contributed by atoms with Crippen LogP contribution in [0.1, 0.15) is 32.6 Å². The average molecular weight is 236 g/mol. The predicted octanol–water partition coefficient (Wildman–Crippen LogP) is 1.06. The standard InChI is InChI=1S/C11H16N4O2/c1-3-11(4-2,7-12)10(16)13-6-5-9-14-8-15-17-9/h8H,3-6H2,1-2H3,(H,13,16). The fourth-order valence-corrected chi connectivity index (χ4v) is 1.54. The molecule has 17 heavy (non-hydrogen) atoms. The highest BCUT2D eigenvalue weighted by Gasteiger charge is 2.34. The lowest BCUT2D eigenvalue weighted by Gasteiger charge is -2.21. The number of nitrogens with zero attached hydrogens (tertiary/aromatic N) is 3. The Balaban J connectivity index is 2.46. The van der Waals surface area contributed by atoms with E-state index in [1.54, 1.807) is 0 Å². The first kappa shape index (κ1) is 13.2. The Hall–Kier alpha value is -1.90. The van der Waals surface area contributed by atoms with Crippen molar-refractivity contribution in [3.05, 3.63) is 12.2 Å². The van der Waals surface area contributed by atoms with Gasteiger partial charge in [-0.15, -0.1) is 0 Å². The van der Waals surface area contributed by atoms with Crippen LogP contribution in [0.4, 0.5) is 0 Å². The van der Waals surface area contributed by atoms with Crippen molar-refractivity contribution in [2.75, 3.05) is 6.54 Å². The van der Waals surface area contributed by atoms with Gasteiger partial charge in [-0.2, -0.15) is 10.2 Å². The molecule has 0 radical (unpaired) electrons. The highest BCUT2D eigenvalue weighted by Crippen LogP contribution is 2.25. The van der Waals surface area contributed by atoms with E-state index in [9.17, 15) is 4.79 Å². The molecule has 0 aliphatic carbocycles. The second-order valence-corrected chi connectivity index (χ2v) is 3.74. The summed E-state index contributed by atoms with van der Waals surface area (Å²) in [4.78, 5) is 15.7. The van der Waals surface area contributed by atoms with E-state index in [0.29, 0.717) is 31.7 Å². The van der Waals surface area contributed by atoms with Crippen molar-refractivity contribution in [2.24, 2.45) is 5.41 Å². The van der Waals surface area contributed by atoms with Crippen molar-refractivity contribution >= 4 is 5.91 Å². The minimum Gasteiger partial charge on any atom is -0.354 e. The second kappa shape index (κ2) is 5.99. The van der Waals surface area contributed by atoms with Crippen LogP contribution >= 0.6 is 0 Å². The Kier molecular flexibility index (Phi) is 4.64. The topological polar surface area (TPSA) is 91.8 Å². The van der Waals surface area contributed by atoms with Gasteiger partial charge in [-0.25, -0.2) is 0 Å². The largest absolute Gasteiger partial charge is 0.354 e. The van der Waals surface area contributed by atoms with Crippen LogP contribution in [0.25, 0.3) is 0 Å². The minimum atomic E-state index is -0.922. The molecule has 1 amide bonds. The van der Waals surface area contributed by atoms with Crippen LogP contribution in [-0.4, -0.2) is 22.6 Å². The lowest BCUT2D eigenvalue weighted by Crippen LogP contribution is -2.40. The van der Waals surface area contributed by atoms with Crippen molar-refractivity contribution < 1.29 is 9.32 Å². The highest BCUT2D eigenvalue weighted by molar-refractivity contribution is 5.85. The molecule has 0 spiro atoms. The molecule has 0 aromatic carbocycles. The summed E-state index contributed by atoms with van der Waals surface area (Å²) < 4.78 is 4.80. The molecule has 0 aliphatic heterocycles. The van der Waals surface area contributed by atoms with Gasteiger partial charge in [0, 0.05) is 13.0 Å². The number of rotatable bonds is 6. The quantitative estimate of drug-likeness (QED) is 0.797. The highest BCUT2D eigenvalue weighted by atomic mass is 16.5. The summed E-state index contributed by atoms with van der Waals surface area (Å²) in [6.45, 7) is 4.07. The normalized spacial score (nSPS) is 10.9. The van der Waals surface area contributed by atoms with Crippen LogP contribution in [0.15, 0.2) is 10.9 Å². The lowest BCUT2D eigenvalue weighted by atomic mass is 9.83. The van der Waals surface area contributed by atoms with Crippen LogP contribution in [-0.2, 0) is 11.2 Å². The van der Waals surface area contributed by atoms with Gasteiger partial charge >= 0.3 is 0 Å². The lowest BCUT2D eigenvalue weighted by molar-refractivity contribution is -0.128. The Morgan fingerprint density at radius 3 is 2.76 bits per heavy atom. The third kappa shape index (κ3) is 3.03. The van der Waals surface area contributed by atoms with Crippen LogP contribution in [0, 0.1) is 16.7 Å². The van der Waals surface area contributed by atoms with E-state index >= 15 is 0 Å². The summed E-state index contributed by atoms with van der Waals surface area (Å²) in [5, 5.41) is 15.3. The minimum absolute atomic E-state index is 0.232. The van der Waals surface area contributed by atoms with Crippen molar-refractivity contribution in [3.8, 4) is 6.07 Å². The van der Waals surface area contributed by atoms with E-state index in [-0.39, 0.29) is 5.91 Å². The maximum absolute atomic E-state index is 11.9. The Morgan fingerprint density at radius 2 is 2.29 bits per heavy atom. The fourth-order valence-electron chi connectivity index (χ4n) is 1.54. The van der Waals surface area contributed by atoms with E-state index in [0.717, 1.165) is 0 Å². The third-order valence-electron chi connectivity index (χ3n) is 2.89. The average Bonchev–Trinajstić information content (AvgIpc) is 2.85. The number of hydrogen-bond acceptors (Lipinski definition) is 5. The molecule has 0 bridgehead atoms. The Bertz CT molecular complexity index is 390.